The van der Waals surface area contributed by atoms with E-state index in [2.05, 4.69) is 40.7 Å². The Labute approximate surface area is 134 Å². The number of hydrogen-bond acceptors (Lipinski definition) is 2. The highest BCUT2D eigenvalue weighted by Crippen LogP contribution is 2.79. The Morgan fingerprint density at radius 1 is 1.23 bits per heavy atom. The van der Waals surface area contributed by atoms with Gasteiger partial charge in [-0.25, -0.2) is 0 Å². The van der Waals surface area contributed by atoms with Crippen LogP contribution in [0, 0.1) is 39.4 Å². The molecule has 22 heavy (non-hydrogen) atoms. The standard InChI is InChI=1S/C20H30O2/c1-12-6-7-14(21)19(5)9-8-13-16-17(2,3)15(22)10-18(16,4)11-20(12,13)19/h6-7,12-13,15-16,22H,8-11H2,1-5H3. The van der Waals surface area contributed by atoms with Crippen molar-refractivity contribution in [1.82, 2.24) is 0 Å². The van der Waals surface area contributed by atoms with Crippen molar-refractivity contribution in [3.05, 3.63) is 12.2 Å². The van der Waals surface area contributed by atoms with Gasteiger partial charge < -0.3 is 5.11 Å². The Bertz CT molecular complexity index is 576. The van der Waals surface area contributed by atoms with E-state index in [9.17, 15) is 9.90 Å². The minimum absolute atomic E-state index is 0.0297. The summed E-state index contributed by atoms with van der Waals surface area (Å²) in [5, 5.41) is 10.6. The number of rotatable bonds is 0. The molecule has 3 saturated carbocycles. The first-order chi connectivity index (χ1) is 10.1. The van der Waals surface area contributed by atoms with Crippen LogP contribution in [0.2, 0.25) is 0 Å². The molecule has 122 valence electrons. The second kappa shape index (κ2) is 3.88. The lowest BCUT2D eigenvalue weighted by atomic mass is 9.52. The number of carbonyl (C=O) groups is 1. The molecule has 3 fully saturated rings. The smallest absolute Gasteiger partial charge is 0.161 e. The molecule has 4 rings (SSSR count). The third kappa shape index (κ3) is 1.32. The molecule has 0 aliphatic heterocycles. The molecule has 1 N–H and O–H groups in total. The van der Waals surface area contributed by atoms with Crippen molar-refractivity contribution < 1.29 is 9.90 Å². The van der Waals surface area contributed by atoms with Crippen LogP contribution < -0.4 is 0 Å². The van der Waals surface area contributed by atoms with E-state index >= 15 is 0 Å². The summed E-state index contributed by atoms with van der Waals surface area (Å²) in [6.45, 7) is 11.5. The Morgan fingerprint density at radius 3 is 2.59 bits per heavy atom. The van der Waals surface area contributed by atoms with Crippen LogP contribution in [0.15, 0.2) is 12.2 Å². The van der Waals surface area contributed by atoms with Gasteiger partial charge in [-0.1, -0.05) is 40.7 Å². The maximum Gasteiger partial charge on any atom is 0.161 e. The number of fused-ring (bicyclic) bond motifs is 2. The molecule has 7 unspecified atom stereocenters. The van der Waals surface area contributed by atoms with Gasteiger partial charge in [0.2, 0.25) is 0 Å². The van der Waals surface area contributed by atoms with Crippen LogP contribution in [0.3, 0.4) is 0 Å². The van der Waals surface area contributed by atoms with Crippen molar-refractivity contribution in [2.45, 2.75) is 66.4 Å². The van der Waals surface area contributed by atoms with Crippen molar-refractivity contribution in [1.29, 1.82) is 0 Å². The van der Waals surface area contributed by atoms with Gasteiger partial charge in [0.15, 0.2) is 5.78 Å². The van der Waals surface area contributed by atoms with E-state index in [-0.39, 0.29) is 27.8 Å². The van der Waals surface area contributed by atoms with Crippen LogP contribution in [0.4, 0.5) is 0 Å². The Balaban J connectivity index is 1.90. The monoisotopic (exact) mass is 302 g/mol. The number of hydrogen-bond donors (Lipinski definition) is 1. The van der Waals surface area contributed by atoms with Crippen LogP contribution in [-0.4, -0.2) is 17.0 Å². The summed E-state index contributed by atoms with van der Waals surface area (Å²) < 4.78 is 0. The Hall–Kier alpha value is -0.630. The first-order valence-corrected chi connectivity index (χ1v) is 9.00. The highest BCUT2D eigenvalue weighted by atomic mass is 16.3. The maximum absolute atomic E-state index is 12.8. The van der Waals surface area contributed by atoms with E-state index in [1.165, 1.54) is 0 Å². The van der Waals surface area contributed by atoms with Gasteiger partial charge in [-0.05, 0) is 65.8 Å². The third-order valence-corrected chi connectivity index (χ3v) is 8.71. The molecular weight excluding hydrogens is 272 g/mol. The SMILES string of the molecule is CC1C=CC(=O)C2(C)CCC3C4C(C)(CC(O)C4(C)C)CC132. The van der Waals surface area contributed by atoms with Gasteiger partial charge in [-0.3, -0.25) is 4.79 Å². The van der Waals surface area contributed by atoms with Gasteiger partial charge in [-0.15, -0.1) is 0 Å². The van der Waals surface area contributed by atoms with E-state index in [0.29, 0.717) is 23.5 Å². The molecule has 0 saturated heterocycles. The summed E-state index contributed by atoms with van der Waals surface area (Å²) in [6, 6.07) is 0. The van der Waals surface area contributed by atoms with E-state index in [1.54, 1.807) is 0 Å². The molecule has 0 bridgehead atoms. The van der Waals surface area contributed by atoms with Gasteiger partial charge in [0.25, 0.3) is 0 Å². The first kappa shape index (κ1) is 14.9. The van der Waals surface area contributed by atoms with Crippen LogP contribution in [0.25, 0.3) is 0 Å². The highest BCUT2D eigenvalue weighted by Gasteiger charge is 2.76. The number of aliphatic hydroxyl groups is 1. The molecule has 2 heteroatoms. The average Bonchev–Trinajstić information content (AvgIpc) is 2.91. The van der Waals surface area contributed by atoms with Crippen molar-refractivity contribution >= 4 is 5.78 Å². The van der Waals surface area contributed by atoms with Crippen molar-refractivity contribution in [3.8, 4) is 0 Å². The topological polar surface area (TPSA) is 37.3 Å². The van der Waals surface area contributed by atoms with Crippen LogP contribution >= 0.6 is 0 Å². The predicted octanol–water partition coefficient (Wildman–Crippen LogP) is 3.98. The van der Waals surface area contributed by atoms with Crippen LogP contribution in [0.1, 0.15) is 60.3 Å². The summed E-state index contributed by atoms with van der Waals surface area (Å²) in [5.41, 5.74) is 0.100. The summed E-state index contributed by atoms with van der Waals surface area (Å²) in [5.74, 6) is 1.95. The normalized spacial score (nSPS) is 58.5. The second-order valence-corrected chi connectivity index (χ2v) is 9.88. The Kier molecular flexibility index (Phi) is 2.63. The number of aliphatic hydroxyl groups excluding tert-OH is 1. The third-order valence-electron chi connectivity index (χ3n) is 8.71. The van der Waals surface area contributed by atoms with Crippen LogP contribution in [0.5, 0.6) is 0 Å². The molecule has 4 aliphatic carbocycles. The molecule has 4 aliphatic rings. The lowest BCUT2D eigenvalue weighted by molar-refractivity contribution is -0.134. The van der Waals surface area contributed by atoms with Gasteiger partial charge in [0, 0.05) is 5.41 Å². The fourth-order valence-corrected chi connectivity index (χ4v) is 7.87. The van der Waals surface area contributed by atoms with Crippen molar-refractivity contribution in [2.24, 2.45) is 39.4 Å². The van der Waals surface area contributed by atoms with Gasteiger partial charge in [0.05, 0.1) is 6.10 Å². The summed E-state index contributed by atoms with van der Waals surface area (Å²) in [7, 11) is 0. The fraction of sp³-hybridized carbons (Fsp3) is 0.850. The molecule has 0 aromatic rings. The van der Waals surface area contributed by atoms with Gasteiger partial charge in [0.1, 0.15) is 0 Å². The zero-order valence-corrected chi connectivity index (χ0v) is 14.6. The molecule has 0 amide bonds. The predicted molar refractivity (Wildman–Crippen MR) is 87.2 cm³/mol. The fourth-order valence-electron chi connectivity index (χ4n) is 7.87. The second-order valence-electron chi connectivity index (χ2n) is 9.88. The summed E-state index contributed by atoms with van der Waals surface area (Å²) in [6.07, 6.45) is 8.05. The zero-order chi connectivity index (χ0) is 16.1. The number of allylic oxidation sites excluding steroid dienone is 2. The largest absolute Gasteiger partial charge is 0.393 e. The Morgan fingerprint density at radius 2 is 1.91 bits per heavy atom. The molecule has 0 heterocycles. The van der Waals surface area contributed by atoms with Gasteiger partial charge in [-0.2, -0.15) is 0 Å². The lowest BCUT2D eigenvalue weighted by Crippen LogP contribution is -2.50. The molecule has 0 radical (unpaired) electrons. The van der Waals surface area contributed by atoms with E-state index in [4.69, 9.17) is 0 Å². The number of ketones is 1. The zero-order valence-electron chi connectivity index (χ0n) is 14.6. The van der Waals surface area contributed by atoms with E-state index in [1.807, 2.05) is 6.08 Å². The lowest BCUT2D eigenvalue weighted by Gasteiger charge is -2.50. The van der Waals surface area contributed by atoms with Crippen LogP contribution in [-0.2, 0) is 4.79 Å². The maximum atomic E-state index is 12.8. The first-order valence-electron chi connectivity index (χ1n) is 9.00. The molecule has 1 spiro atoms. The minimum Gasteiger partial charge on any atom is -0.393 e. The van der Waals surface area contributed by atoms with Crippen molar-refractivity contribution in [2.75, 3.05) is 0 Å². The summed E-state index contributed by atoms with van der Waals surface area (Å²) >= 11 is 0. The van der Waals surface area contributed by atoms with E-state index in [0.717, 1.165) is 25.7 Å². The minimum atomic E-state index is -0.197. The molecule has 7 atom stereocenters. The van der Waals surface area contributed by atoms with E-state index < -0.39 is 0 Å². The van der Waals surface area contributed by atoms with Crippen molar-refractivity contribution in [3.63, 3.8) is 0 Å². The van der Waals surface area contributed by atoms with Gasteiger partial charge >= 0.3 is 0 Å². The molecular formula is C20H30O2. The molecule has 0 aromatic heterocycles. The number of carbonyl (C=O) groups excluding carboxylic acids is 1. The highest BCUT2D eigenvalue weighted by molar-refractivity contribution is 5.96. The average molecular weight is 302 g/mol. The quantitative estimate of drug-likeness (QED) is 0.735. The molecule has 2 nitrogen and oxygen atoms in total. The summed E-state index contributed by atoms with van der Waals surface area (Å²) in [4.78, 5) is 12.8. The molecule has 0 aromatic carbocycles.